The number of nitrogen functional groups attached to an aromatic ring is 1. The van der Waals surface area contributed by atoms with Crippen molar-refractivity contribution in [1.82, 2.24) is 14.3 Å². The van der Waals surface area contributed by atoms with Crippen LogP contribution in [0.2, 0.25) is 5.02 Å². The lowest BCUT2D eigenvalue weighted by atomic mass is 10.2. The molecule has 1 aromatic carbocycles. The van der Waals surface area contributed by atoms with Gasteiger partial charge in [-0.15, -0.1) is 0 Å². The minimum absolute atomic E-state index is 0.113. The lowest BCUT2D eigenvalue weighted by molar-refractivity contribution is 0.580. The Hall–Kier alpha value is -1.57. The van der Waals surface area contributed by atoms with Crippen LogP contribution in [0.15, 0.2) is 29.4 Å². The number of nitrogens with one attached hydrogen (secondary N) is 1. The van der Waals surface area contributed by atoms with Crippen molar-refractivity contribution < 1.29 is 8.42 Å². The summed E-state index contributed by atoms with van der Waals surface area (Å²) in [6, 6.07) is 2.86. The van der Waals surface area contributed by atoms with Crippen molar-refractivity contribution in [1.29, 1.82) is 0 Å². The Kier molecular flexibility index (Phi) is 4.55. The third-order valence-electron chi connectivity index (χ3n) is 3.13. The first-order chi connectivity index (χ1) is 9.81. The Bertz CT molecular complexity index is 732. The number of nitrogens with two attached hydrogens (primary N) is 1. The van der Waals surface area contributed by atoms with Gasteiger partial charge in [-0.1, -0.05) is 11.6 Å². The second-order valence-corrected chi connectivity index (χ2v) is 6.89. The maximum absolute atomic E-state index is 12.2. The molecule has 0 saturated heterocycles. The van der Waals surface area contributed by atoms with Crippen LogP contribution >= 0.6 is 11.6 Å². The van der Waals surface area contributed by atoms with Gasteiger partial charge in [0.25, 0.3) is 0 Å². The number of anilines is 1. The average molecular weight is 329 g/mol. The fourth-order valence-corrected chi connectivity index (χ4v) is 3.20. The Morgan fingerprint density at radius 1 is 1.43 bits per heavy atom. The van der Waals surface area contributed by atoms with Gasteiger partial charge in [-0.05, 0) is 24.6 Å². The second kappa shape index (κ2) is 6.05. The molecule has 0 aliphatic carbocycles. The van der Waals surface area contributed by atoms with Crippen LogP contribution in [-0.4, -0.2) is 24.5 Å². The summed E-state index contributed by atoms with van der Waals surface area (Å²) >= 11 is 5.94. The minimum atomic E-state index is -3.61. The van der Waals surface area contributed by atoms with Gasteiger partial charge < -0.3 is 10.3 Å². The highest BCUT2D eigenvalue weighted by Gasteiger charge is 2.16. The normalized spacial score (nSPS) is 11.8. The smallest absolute Gasteiger partial charge is 0.240 e. The molecule has 0 radical (unpaired) electrons. The summed E-state index contributed by atoms with van der Waals surface area (Å²) in [7, 11) is -1.75. The van der Waals surface area contributed by atoms with E-state index in [9.17, 15) is 8.42 Å². The van der Waals surface area contributed by atoms with Gasteiger partial charge in [0.2, 0.25) is 10.0 Å². The molecule has 0 aliphatic rings. The van der Waals surface area contributed by atoms with Crippen LogP contribution in [0.1, 0.15) is 11.4 Å². The Morgan fingerprint density at radius 2 is 2.14 bits per heavy atom. The molecule has 0 fully saturated rings. The summed E-state index contributed by atoms with van der Waals surface area (Å²) in [6.45, 7) is 1.97. The summed E-state index contributed by atoms with van der Waals surface area (Å²) in [6.07, 6.45) is 3.99. The van der Waals surface area contributed by atoms with Gasteiger partial charge in [0.15, 0.2) is 0 Å². The molecule has 1 aromatic heterocycles. The van der Waals surface area contributed by atoms with E-state index < -0.39 is 10.0 Å². The van der Waals surface area contributed by atoms with Crippen molar-refractivity contribution in [3.63, 3.8) is 0 Å². The molecule has 0 unspecified atom stereocenters. The SMILES string of the molecule is Cc1cc(S(=O)(=O)NCCc2nccn2C)cc(N)c1Cl. The molecule has 2 rings (SSSR count). The first-order valence-corrected chi connectivity index (χ1v) is 8.19. The Morgan fingerprint density at radius 3 is 2.71 bits per heavy atom. The van der Waals surface area contributed by atoms with E-state index in [1.807, 2.05) is 17.8 Å². The van der Waals surface area contributed by atoms with Gasteiger partial charge in [-0.25, -0.2) is 18.1 Å². The number of nitrogens with zero attached hydrogens (tertiary/aromatic N) is 2. The predicted octanol–water partition coefficient (Wildman–Crippen LogP) is 1.49. The summed E-state index contributed by atoms with van der Waals surface area (Å²) < 4.78 is 28.8. The summed E-state index contributed by atoms with van der Waals surface area (Å²) in [5.41, 5.74) is 6.58. The van der Waals surface area contributed by atoms with Crippen LogP contribution in [-0.2, 0) is 23.5 Å². The first-order valence-electron chi connectivity index (χ1n) is 6.33. The summed E-state index contributed by atoms with van der Waals surface area (Å²) in [5.74, 6) is 0.810. The van der Waals surface area contributed by atoms with E-state index in [0.29, 0.717) is 17.0 Å². The number of imidazole rings is 1. The highest BCUT2D eigenvalue weighted by Crippen LogP contribution is 2.26. The molecule has 0 amide bonds. The zero-order chi connectivity index (χ0) is 15.6. The molecule has 0 atom stereocenters. The van der Waals surface area contributed by atoms with Gasteiger partial charge in [0, 0.05) is 32.4 Å². The third kappa shape index (κ3) is 3.55. The quantitative estimate of drug-likeness (QED) is 0.814. The van der Waals surface area contributed by atoms with E-state index in [2.05, 4.69) is 9.71 Å². The maximum atomic E-state index is 12.2. The van der Waals surface area contributed by atoms with E-state index >= 15 is 0 Å². The number of aryl methyl sites for hydroxylation is 2. The van der Waals surface area contributed by atoms with Crippen LogP contribution in [0.3, 0.4) is 0 Å². The van der Waals surface area contributed by atoms with Gasteiger partial charge in [0.05, 0.1) is 15.6 Å². The van der Waals surface area contributed by atoms with Crippen molar-refractivity contribution >= 4 is 27.3 Å². The third-order valence-corrected chi connectivity index (χ3v) is 5.08. The van der Waals surface area contributed by atoms with E-state index in [0.717, 1.165) is 5.82 Å². The van der Waals surface area contributed by atoms with Crippen LogP contribution in [0, 0.1) is 6.92 Å². The zero-order valence-corrected chi connectivity index (χ0v) is 13.4. The summed E-state index contributed by atoms with van der Waals surface area (Å²) in [5, 5.41) is 0.377. The number of rotatable bonds is 5. The van der Waals surface area contributed by atoms with Crippen LogP contribution in [0.5, 0.6) is 0 Å². The predicted molar refractivity (Wildman–Crippen MR) is 82.7 cm³/mol. The van der Waals surface area contributed by atoms with Crippen LogP contribution < -0.4 is 10.5 Å². The molecule has 21 heavy (non-hydrogen) atoms. The number of benzene rings is 1. The van der Waals surface area contributed by atoms with E-state index in [4.69, 9.17) is 17.3 Å². The number of hydrogen-bond donors (Lipinski definition) is 2. The number of halogens is 1. The van der Waals surface area contributed by atoms with E-state index in [-0.39, 0.29) is 17.1 Å². The zero-order valence-electron chi connectivity index (χ0n) is 11.8. The molecule has 0 aliphatic heterocycles. The van der Waals surface area contributed by atoms with Crippen molar-refractivity contribution in [3.05, 3.63) is 40.9 Å². The Labute approximate surface area is 129 Å². The fraction of sp³-hybridized carbons (Fsp3) is 0.308. The standard InChI is InChI=1S/C13H17ClN4O2S/c1-9-7-10(8-11(15)13(9)14)21(19,20)17-4-3-12-16-5-6-18(12)2/h5-8,17H,3-4,15H2,1-2H3. The van der Waals surface area contributed by atoms with Crippen molar-refractivity contribution in [2.75, 3.05) is 12.3 Å². The number of sulfonamides is 1. The van der Waals surface area contributed by atoms with E-state index in [1.165, 1.54) is 12.1 Å². The molecular formula is C13H17ClN4O2S. The van der Waals surface area contributed by atoms with Crippen LogP contribution in [0.4, 0.5) is 5.69 Å². The number of aromatic nitrogens is 2. The van der Waals surface area contributed by atoms with Gasteiger partial charge >= 0.3 is 0 Å². The van der Waals surface area contributed by atoms with Crippen molar-refractivity contribution in [2.24, 2.45) is 7.05 Å². The Balaban J connectivity index is 2.10. The molecule has 0 spiro atoms. The highest BCUT2D eigenvalue weighted by atomic mass is 35.5. The maximum Gasteiger partial charge on any atom is 0.240 e. The van der Waals surface area contributed by atoms with Crippen molar-refractivity contribution in [2.45, 2.75) is 18.2 Å². The molecule has 6 nitrogen and oxygen atoms in total. The topological polar surface area (TPSA) is 90.0 Å². The molecule has 1 heterocycles. The molecule has 8 heteroatoms. The summed E-state index contributed by atoms with van der Waals surface area (Å²) in [4.78, 5) is 4.25. The fourth-order valence-electron chi connectivity index (χ4n) is 1.94. The van der Waals surface area contributed by atoms with Crippen LogP contribution in [0.25, 0.3) is 0 Å². The first kappa shape index (κ1) is 15.8. The van der Waals surface area contributed by atoms with Gasteiger partial charge in [-0.3, -0.25) is 0 Å². The lowest BCUT2D eigenvalue weighted by Crippen LogP contribution is -2.26. The second-order valence-electron chi connectivity index (χ2n) is 4.75. The average Bonchev–Trinajstić information content (AvgIpc) is 2.81. The van der Waals surface area contributed by atoms with Gasteiger partial charge in [0.1, 0.15) is 5.82 Å². The highest BCUT2D eigenvalue weighted by molar-refractivity contribution is 7.89. The minimum Gasteiger partial charge on any atom is -0.397 e. The number of hydrogen-bond acceptors (Lipinski definition) is 4. The molecule has 2 aromatic rings. The molecule has 114 valence electrons. The van der Waals surface area contributed by atoms with Crippen molar-refractivity contribution in [3.8, 4) is 0 Å². The molecule has 0 bridgehead atoms. The molecule has 3 N–H and O–H groups in total. The van der Waals surface area contributed by atoms with Gasteiger partial charge in [-0.2, -0.15) is 0 Å². The lowest BCUT2D eigenvalue weighted by Gasteiger charge is -2.10. The largest absolute Gasteiger partial charge is 0.397 e. The molecular weight excluding hydrogens is 312 g/mol. The monoisotopic (exact) mass is 328 g/mol. The molecule has 0 saturated carbocycles. The van der Waals surface area contributed by atoms with E-state index in [1.54, 1.807) is 13.1 Å².